The van der Waals surface area contributed by atoms with Crippen molar-refractivity contribution in [2.75, 3.05) is 6.54 Å². The summed E-state index contributed by atoms with van der Waals surface area (Å²) in [5, 5.41) is 0. The van der Waals surface area contributed by atoms with Gasteiger partial charge in [-0.15, -0.1) is 0 Å². The minimum absolute atomic E-state index is 0.0659. The van der Waals surface area contributed by atoms with E-state index >= 15 is 0 Å². The number of nitrogens with two attached hydrogens (primary N) is 1. The second kappa shape index (κ2) is 12.4. The summed E-state index contributed by atoms with van der Waals surface area (Å²) >= 11 is 0. The first kappa shape index (κ1) is 31.7. The molecule has 40 heavy (non-hydrogen) atoms. The van der Waals surface area contributed by atoms with Crippen LogP contribution in [0.2, 0.25) is 0 Å². The van der Waals surface area contributed by atoms with Crippen LogP contribution in [0.3, 0.4) is 0 Å². The van der Waals surface area contributed by atoms with Crippen LogP contribution in [-0.4, -0.2) is 58.2 Å². The Morgan fingerprint density at radius 2 is 1.70 bits per heavy atom. The molecule has 3 rings (SSSR count). The van der Waals surface area contributed by atoms with Gasteiger partial charge in [0.15, 0.2) is 11.6 Å². The third-order valence-electron chi connectivity index (χ3n) is 9.00. The number of hydrogen-bond donors (Lipinski definition) is 1. The Bertz CT molecular complexity index is 1070. The molecule has 0 bridgehead atoms. The standard InChI is InChI=1S/C31H46N2O7/c1-7-9-21(34)13-12-19(16-24(36)40-30(2,3)4)29(39)33-17-22-25(31(22,5)6)26(33)23(35)15-20(27(37)28(32)38)14-18-10-8-11-18/h7,9,18-20,22,25-26H,8,10-17H2,1-6H3,(H2,32,38)/b9-7+/t19-,20?,22?,25+,26-/m1/s1. The predicted molar refractivity (Wildman–Crippen MR) is 149 cm³/mol. The summed E-state index contributed by atoms with van der Waals surface area (Å²) in [5.74, 6) is -4.31. The number of fused-ring (bicyclic) bond motifs is 1. The smallest absolute Gasteiger partial charge is 0.307 e. The zero-order valence-corrected chi connectivity index (χ0v) is 24.9. The number of carbonyl (C=O) groups excluding carboxylic acids is 6. The number of esters is 1. The van der Waals surface area contributed by atoms with Crippen LogP contribution in [0.25, 0.3) is 0 Å². The molecule has 222 valence electrons. The van der Waals surface area contributed by atoms with Gasteiger partial charge in [-0.25, -0.2) is 0 Å². The van der Waals surface area contributed by atoms with Gasteiger partial charge in [0.2, 0.25) is 11.7 Å². The molecule has 5 atom stereocenters. The van der Waals surface area contributed by atoms with Gasteiger partial charge in [0, 0.05) is 31.2 Å². The largest absolute Gasteiger partial charge is 0.460 e. The number of allylic oxidation sites excluding steroid dienone is 2. The summed E-state index contributed by atoms with van der Waals surface area (Å²) in [6, 6.07) is -0.746. The van der Waals surface area contributed by atoms with Crippen LogP contribution in [-0.2, 0) is 33.5 Å². The average molecular weight is 559 g/mol. The summed E-state index contributed by atoms with van der Waals surface area (Å²) < 4.78 is 5.47. The lowest BCUT2D eigenvalue weighted by atomic mass is 9.76. The zero-order valence-electron chi connectivity index (χ0n) is 24.9. The van der Waals surface area contributed by atoms with Crippen LogP contribution < -0.4 is 5.73 Å². The monoisotopic (exact) mass is 558 g/mol. The normalized spacial score (nSPS) is 25.1. The highest BCUT2D eigenvalue weighted by molar-refractivity contribution is 6.36. The zero-order chi connectivity index (χ0) is 30.0. The van der Waals surface area contributed by atoms with Gasteiger partial charge in [-0.2, -0.15) is 0 Å². The molecule has 1 saturated heterocycles. The van der Waals surface area contributed by atoms with Crippen LogP contribution in [0.4, 0.5) is 0 Å². The number of amides is 2. The number of ketones is 3. The summed E-state index contributed by atoms with van der Waals surface area (Å²) in [6.45, 7) is 11.5. The van der Waals surface area contributed by atoms with Crippen LogP contribution in [0.15, 0.2) is 12.2 Å². The van der Waals surface area contributed by atoms with Crippen molar-refractivity contribution in [2.45, 2.75) is 105 Å². The third-order valence-corrected chi connectivity index (χ3v) is 9.00. The molecule has 3 fully saturated rings. The molecule has 2 aliphatic carbocycles. The van der Waals surface area contributed by atoms with E-state index in [2.05, 4.69) is 13.8 Å². The lowest BCUT2D eigenvalue weighted by Gasteiger charge is -2.34. The maximum atomic E-state index is 14.0. The minimum atomic E-state index is -1.04. The van der Waals surface area contributed by atoms with Crippen molar-refractivity contribution in [3.8, 4) is 0 Å². The maximum absolute atomic E-state index is 14.0. The first-order valence-corrected chi connectivity index (χ1v) is 14.6. The first-order valence-electron chi connectivity index (χ1n) is 14.6. The lowest BCUT2D eigenvalue weighted by molar-refractivity contribution is -0.159. The number of piperidine rings is 1. The highest BCUT2D eigenvalue weighted by Gasteiger charge is 2.69. The Hall–Kier alpha value is -2.84. The number of primary amides is 1. The summed E-state index contributed by atoms with van der Waals surface area (Å²) in [7, 11) is 0. The number of likely N-dealkylation sites (tertiary alicyclic amines) is 1. The van der Waals surface area contributed by atoms with Crippen LogP contribution in [0, 0.1) is 35.0 Å². The molecule has 1 aliphatic heterocycles. The first-order chi connectivity index (χ1) is 18.6. The van der Waals surface area contributed by atoms with E-state index in [4.69, 9.17) is 10.5 Å². The van der Waals surface area contributed by atoms with Gasteiger partial charge in [-0.3, -0.25) is 28.8 Å². The Morgan fingerprint density at radius 3 is 2.23 bits per heavy atom. The highest BCUT2D eigenvalue weighted by Crippen LogP contribution is 2.65. The van der Waals surface area contributed by atoms with E-state index in [0.717, 1.165) is 19.3 Å². The molecule has 0 aromatic rings. The maximum Gasteiger partial charge on any atom is 0.307 e. The van der Waals surface area contributed by atoms with Crippen molar-refractivity contribution in [2.24, 2.45) is 40.7 Å². The minimum Gasteiger partial charge on any atom is -0.460 e. The quantitative estimate of drug-likeness (QED) is 0.195. The van der Waals surface area contributed by atoms with E-state index in [1.807, 2.05) is 0 Å². The SMILES string of the molecule is C/C=C/C(=O)CC[C@H](CC(=O)OC(C)(C)C)C(=O)N1CC2[C@@H]([C@H]1C(=O)CC(CC1CCC1)C(=O)C(N)=O)C2(C)C. The molecule has 2 N–H and O–H groups in total. The van der Waals surface area contributed by atoms with E-state index in [1.54, 1.807) is 38.7 Å². The average Bonchev–Trinajstić information content (AvgIpc) is 3.14. The second-order valence-electron chi connectivity index (χ2n) is 13.5. The number of carbonyl (C=O) groups is 6. The van der Waals surface area contributed by atoms with Crippen LogP contribution in [0.5, 0.6) is 0 Å². The van der Waals surface area contributed by atoms with Crippen molar-refractivity contribution < 1.29 is 33.5 Å². The number of Topliss-reactive ketones (excluding diaryl/α,β-unsaturated/α-hetero) is 2. The van der Waals surface area contributed by atoms with Crippen molar-refractivity contribution >= 4 is 35.1 Å². The summed E-state index contributed by atoms with van der Waals surface area (Å²) in [4.78, 5) is 78.7. The van der Waals surface area contributed by atoms with Crippen LogP contribution >= 0.6 is 0 Å². The number of rotatable bonds is 14. The highest BCUT2D eigenvalue weighted by atomic mass is 16.6. The van der Waals surface area contributed by atoms with Crippen molar-refractivity contribution in [3.05, 3.63) is 12.2 Å². The molecule has 1 heterocycles. The Morgan fingerprint density at radius 1 is 1.05 bits per heavy atom. The summed E-state index contributed by atoms with van der Waals surface area (Å²) in [5.41, 5.74) is 4.45. The van der Waals surface area contributed by atoms with E-state index in [1.165, 1.54) is 6.08 Å². The number of hydrogen-bond acceptors (Lipinski definition) is 7. The fourth-order valence-electron chi connectivity index (χ4n) is 6.58. The van der Waals surface area contributed by atoms with Gasteiger partial charge in [0.25, 0.3) is 5.91 Å². The summed E-state index contributed by atoms with van der Waals surface area (Å²) in [6.07, 6.45) is 6.41. The molecule has 9 nitrogen and oxygen atoms in total. The van der Waals surface area contributed by atoms with E-state index in [0.29, 0.717) is 18.9 Å². The molecule has 2 saturated carbocycles. The van der Waals surface area contributed by atoms with Crippen LogP contribution in [0.1, 0.15) is 92.9 Å². The molecular weight excluding hydrogens is 512 g/mol. The molecule has 0 aromatic heterocycles. The number of nitrogens with zero attached hydrogens (tertiary/aromatic N) is 1. The molecule has 3 aliphatic rings. The predicted octanol–water partition coefficient (Wildman–Crippen LogP) is 3.56. The Balaban J connectivity index is 1.82. The van der Waals surface area contributed by atoms with Crippen molar-refractivity contribution in [3.63, 3.8) is 0 Å². The molecular formula is C31H46N2O7. The van der Waals surface area contributed by atoms with Crippen molar-refractivity contribution in [1.82, 2.24) is 4.90 Å². The molecule has 0 spiro atoms. The van der Waals surface area contributed by atoms with Gasteiger partial charge < -0.3 is 15.4 Å². The van der Waals surface area contributed by atoms with Gasteiger partial charge in [-0.05, 0) is 69.8 Å². The van der Waals surface area contributed by atoms with Gasteiger partial charge in [0.05, 0.1) is 12.5 Å². The Kier molecular flexibility index (Phi) is 9.78. The van der Waals surface area contributed by atoms with E-state index < -0.39 is 41.1 Å². The molecule has 2 amide bonds. The molecule has 0 aromatic carbocycles. The fourth-order valence-corrected chi connectivity index (χ4v) is 6.58. The molecule has 2 unspecified atom stereocenters. The molecule has 9 heteroatoms. The third kappa shape index (κ3) is 7.46. The van der Waals surface area contributed by atoms with E-state index in [-0.39, 0.29) is 60.4 Å². The number of ether oxygens (including phenoxy) is 1. The van der Waals surface area contributed by atoms with Gasteiger partial charge in [-0.1, -0.05) is 39.2 Å². The van der Waals surface area contributed by atoms with Gasteiger partial charge in [0.1, 0.15) is 5.60 Å². The Labute approximate surface area is 237 Å². The van der Waals surface area contributed by atoms with E-state index in [9.17, 15) is 28.8 Å². The lowest BCUT2D eigenvalue weighted by Crippen LogP contribution is -2.49. The van der Waals surface area contributed by atoms with Gasteiger partial charge >= 0.3 is 5.97 Å². The topological polar surface area (TPSA) is 141 Å². The second-order valence-corrected chi connectivity index (χ2v) is 13.5. The fraction of sp³-hybridized carbons (Fsp3) is 0.742. The molecule has 0 radical (unpaired) electrons. The van der Waals surface area contributed by atoms with Crippen molar-refractivity contribution in [1.29, 1.82) is 0 Å².